The van der Waals surface area contributed by atoms with E-state index in [-0.39, 0.29) is 12.6 Å². The lowest BCUT2D eigenvalue weighted by Crippen LogP contribution is -2.08. The average molecular weight is 462 g/mol. The summed E-state index contributed by atoms with van der Waals surface area (Å²) in [6.45, 7) is 3.41. The van der Waals surface area contributed by atoms with Crippen molar-refractivity contribution in [2.24, 2.45) is 7.05 Å². The monoisotopic (exact) mass is 461 g/mol. The molecule has 28 heavy (non-hydrogen) atoms. The molecule has 0 aliphatic heterocycles. The molecular formula is C21H20BrNO4S. The minimum Gasteiger partial charge on any atom is -0.462 e. The molecule has 2 aromatic carbocycles. The summed E-state index contributed by atoms with van der Waals surface area (Å²) in [6, 6.07) is 13.6. The third-order valence-corrected chi connectivity index (χ3v) is 5.87. The van der Waals surface area contributed by atoms with E-state index < -0.39 is 5.97 Å². The van der Waals surface area contributed by atoms with Gasteiger partial charge in [-0.1, -0.05) is 18.2 Å². The standard InChI is InChI=1S/C21H20BrNO4S/c1-4-26-21(25)20-15-10-19(27-13(2)24)16(22)11-17(15)23(3)18(20)12-28-14-8-6-5-7-9-14/h5-11H,4,12H2,1-3H3. The van der Waals surface area contributed by atoms with Crippen LogP contribution in [0.4, 0.5) is 0 Å². The van der Waals surface area contributed by atoms with Crippen molar-refractivity contribution < 1.29 is 19.1 Å². The van der Waals surface area contributed by atoms with Crippen molar-refractivity contribution >= 4 is 50.5 Å². The van der Waals surface area contributed by atoms with Gasteiger partial charge in [0.05, 0.1) is 22.2 Å². The summed E-state index contributed by atoms with van der Waals surface area (Å²) in [5.74, 6) is 0.170. The first kappa shape index (κ1) is 20.5. The minimum absolute atomic E-state index is 0.286. The van der Waals surface area contributed by atoms with Gasteiger partial charge < -0.3 is 14.0 Å². The maximum Gasteiger partial charge on any atom is 0.340 e. The van der Waals surface area contributed by atoms with E-state index >= 15 is 0 Å². The zero-order valence-corrected chi connectivity index (χ0v) is 18.2. The Kier molecular flexibility index (Phi) is 6.46. The number of hydrogen-bond donors (Lipinski definition) is 0. The lowest BCUT2D eigenvalue weighted by molar-refractivity contribution is -0.131. The number of ether oxygens (including phenoxy) is 2. The Morgan fingerprint density at radius 2 is 1.89 bits per heavy atom. The summed E-state index contributed by atoms with van der Waals surface area (Å²) in [7, 11) is 1.92. The molecule has 0 radical (unpaired) electrons. The molecule has 146 valence electrons. The van der Waals surface area contributed by atoms with Crippen molar-refractivity contribution in [2.75, 3.05) is 6.61 Å². The van der Waals surface area contributed by atoms with Gasteiger partial charge in [0, 0.05) is 35.7 Å². The van der Waals surface area contributed by atoms with Gasteiger partial charge in [0.2, 0.25) is 0 Å². The van der Waals surface area contributed by atoms with Crippen LogP contribution in [0.15, 0.2) is 51.8 Å². The maximum absolute atomic E-state index is 12.8. The zero-order chi connectivity index (χ0) is 20.3. The molecule has 0 fully saturated rings. The van der Waals surface area contributed by atoms with Crippen molar-refractivity contribution in [3.05, 3.63) is 58.2 Å². The van der Waals surface area contributed by atoms with E-state index in [1.54, 1.807) is 24.8 Å². The van der Waals surface area contributed by atoms with Crippen molar-refractivity contribution in [1.29, 1.82) is 0 Å². The highest BCUT2D eigenvalue weighted by Crippen LogP contribution is 2.37. The summed E-state index contributed by atoms with van der Waals surface area (Å²) in [4.78, 5) is 25.3. The first-order valence-corrected chi connectivity index (χ1v) is 10.5. The summed E-state index contributed by atoms with van der Waals surface area (Å²) in [6.07, 6.45) is 0. The number of esters is 2. The van der Waals surface area contributed by atoms with Gasteiger partial charge in [-0.2, -0.15) is 0 Å². The number of thioether (sulfide) groups is 1. The van der Waals surface area contributed by atoms with Gasteiger partial charge in [0.15, 0.2) is 0 Å². The van der Waals surface area contributed by atoms with E-state index in [0.717, 1.165) is 16.1 Å². The lowest BCUT2D eigenvalue weighted by Gasteiger charge is -2.08. The number of aryl methyl sites for hydroxylation is 1. The van der Waals surface area contributed by atoms with Crippen LogP contribution in [0.1, 0.15) is 29.9 Å². The molecule has 5 nitrogen and oxygen atoms in total. The highest BCUT2D eigenvalue weighted by atomic mass is 79.9. The molecule has 3 rings (SSSR count). The highest BCUT2D eigenvalue weighted by Gasteiger charge is 2.24. The molecule has 7 heteroatoms. The molecule has 0 bridgehead atoms. The van der Waals surface area contributed by atoms with Crippen molar-refractivity contribution in [3.8, 4) is 5.75 Å². The summed E-state index contributed by atoms with van der Waals surface area (Å²) in [5, 5.41) is 0.698. The van der Waals surface area contributed by atoms with Gasteiger partial charge in [-0.3, -0.25) is 4.79 Å². The number of hydrogen-bond acceptors (Lipinski definition) is 5. The first-order valence-electron chi connectivity index (χ1n) is 8.76. The largest absolute Gasteiger partial charge is 0.462 e. The number of benzene rings is 2. The normalized spacial score (nSPS) is 10.9. The van der Waals surface area contributed by atoms with Gasteiger partial charge in [-0.25, -0.2) is 4.79 Å². The van der Waals surface area contributed by atoms with Crippen LogP contribution in [0.2, 0.25) is 0 Å². The molecule has 0 amide bonds. The second-order valence-electron chi connectivity index (χ2n) is 6.10. The van der Waals surface area contributed by atoms with Crippen molar-refractivity contribution in [3.63, 3.8) is 0 Å². The van der Waals surface area contributed by atoms with E-state index in [0.29, 0.717) is 26.9 Å². The van der Waals surface area contributed by atoms with E-state index in [1.165, 1.54) is 6.92 Å². The second kappa shape index (κ2) is 8.84. The zero-order valence-electron chi connectivity index (χ0n) is 15.8. The Labute approximate surface area is 176 Å². The number of carbonyl (C=O) groups is 2. The van der Waals surface area contributed by atoms with Crippen LogP contribution in [-0.4, -0.2) is 23.1 Å². The summed E-state index contributed by atoms with van der Waals surface area (Å²) >= 11 is 5.09. The smallest absolute Gasteiger partial charge is 0.340 e. The Bertz CT molecular complexity index is 1030. The van der Waals surface area contributed by atoms with Crippen LogP contribution >= 0.6 is 27.7 Å². The SMILES string of the molecule is CCOC(=O)c1c(CSc2ccccc2)n(C)c2cc(Br)c(OC(C)=O)cc12. The summed E-state index contributed by atoms with van der Waals surface area (Å²) in [5.41, 5.74) is 2.22. The number of carbonyl (C=O) groups excluding carboxylic acids is 2. The second-order valence-corrected chi connectivity index (χ2v) is 8.00. The number of aromatic nitrogens is 1. The molecule has 0 unspecified atom stereocenters. The molecule has 3 aromatic rings. The molecule has 0 saturated heterocycles. The fourth-order valence-corrected chi connectivity index (χ4v) is 4.39. The fraction of sp³-hybridized carbons (Fsp3) is 0.238. The number of fused-ring (bicyclic) bond motifs is 1. The summed E-state index contributed by atoms with van der Waals surface area (Å²) < 4.78 is 13.2. The molecular weight excluding hydrogens is 442 g/mol. The number of halogens is 1. The lowest BCUT2D eigenvalue weighted by atomic mass is 10.1. The Morgan fingerprint density at radius 3 is 2.54 bits per heavy atom. The van der Waals surface area contributed by atoms with Gasteiger partial charge in [-0.15, -0.1) is 11.8 Å². The van der Waals surface area contributed by atoms with Gasteiger partial charge >= 0.3 is 11.9 Å². The quantitative estimate of drug-likeness (QED) is 0.281. The fourth-order valence-electron chi connectivity index (χ4n) is 2.99. The molecule has 0 atom stereocenters. The predicted octanol–water partition coefficient (Wildman–Crippen LogP) is 5.34. The molecule has 1 aromatic heterocycles. The van der Waals surface area contributed by atoms with Crippen LogP contribution in [0.25, 0.3) is 10.9 Å². The van der Waals surface area contributed by atoms with Crippen molar-refractivity contribution in [1.82, 2.24) is 4.57 Å². The third-order valence-electron chi connectivity index (χ3n) is 4.23. The van der Waals surface area contributed by atoms with Crippen molar-refractivity contribution in [2.45, 2.75) is 24.5 Å². The molecule has 0 N–H and O–H groups in total. The van der Waals surface area contributed by atoms with E-state index in [9.17, 15) is 9.59 Å². The number of rotatable bonds is 6. The van der Waals surface area contributed by atoms with Gasteiger partial charge in [0.25, 0.3) is 0 Å². The third kappa shape index (κ3) is 4.25. The molecule has 1 heterocycles. The van der Waals surface area contributed by atoms with E-state index in [2.05, 4.69) is 15.9 Å². The first-order chi connectivity index (χ1) is 13.4. The Morgan fingerprint density at radius 1 is 1.18 bits per heavy atom. The molecule has 0 saturated carbocycles. The van der Waals surface area contributed by atoms with Gasteiger partial charge in [-0.05, 0) is 47.1 Å². The topological polar surface area (TPSA) is 57.5 Å². The van der Waals surface area contributed by atoms with Crippen LogP contribution < -0.4 is 4.74 Å². The number of nitrogens with zero attached hydrogens (tertiary/aromatic N) is 1. The highest BCUT2D eigenvalue weighted by molar-refractivity contribution is 9.10. The molecule has 0 aliphatic carbocycles. The van der Waals surface area contributed by atoms with Crippen LogP contribution in [-0.2, 0) is 22.3 Å². The van der Waals surface area contributed by atoms with Crippen LogP contribution in [0.5, 0.6) is 5.75 Å². The van der Waals surface area contributed by atoms with Crippen LogP contribution in [0.3, 0.4) is 0 Å². The predicted molar refractivity (Wildman–Crippen MR) is 114 cm³/mol. The molecule has 0 spiro atoms. The molecule has 0 aliphatic rings. The van der Waals surface area contributed by atoms with E-state index in [1.807, 2.05) is 48.0 Å². The maximum atomic E-state index is 12.8. The van der Waals surface area contributed by atoms with Crippen LogP contribution in [0, 0.1) is 0 Å². The van der Waals surface area contributed by atoms with Gasteiger partial charge in [0.1, 0.15) is 5.75 Å². The Balaban J connectivity index is 2.12. The minimum atomic E-state index is -0.423. The van der Waals surface area contributed by atoms with E-state index in [4.69, 9.17) is 9.47 Å². The average Bonchev–Trinajstić information content (AvgIpc) is 2.92. The Hall–Kier alpha value is -2.25.